The molecule has 5 nitrogen and oxygen atoms in total. The van der Waals surface area contributed by atoms with Crippen LogP contribution >= 0.6 is 34.2 Å². The second-order valence-corrected chi connectivity index (χ2v) is 7.09. The summed E-state index contributed by atoms with van der Waals surface area (Å²) in [4.78, 5) is 24.1. The molecule has 0 fully saturated rings. The third kappa shape index (κ3) is 5.82. The van der Waals surface area contributed by atoms with E-state index >= 15 is 0 Å². The average molecular weight is 470 g/mol. The van der Waals surface area contributed by atoms with E-state index in [1.54, 1.807) is 43.3 Å². The summed E-state index contributed by atoms with van der Waals surface area (Å²) in [6.45, 7) is 3.51. The topological polar surface area (TPSA) is 70.6 Å². The standard InChI is InChI=1S/C18H17ClIN3O2/c1-11(22-23-18(25)13-5-3-6-14(20)10-13)9-17(24)21-16-8-4-7-15(19)12(16)2/h3-8,10H,9H2,1-2H3,(H,21,24)(H,23,25). The molecule has 0 heterocycles. The summed E-state index contributed by atoms with van der Waals surface area (Å²) in [6, 6.07) is 12.5. The maximum absolute atomic E-state index is 12.1. The zero-order chi connectivity index (χ0) is 18.4. The molecule has 130 valence electrons. The Kier molecular flexibility index (Phi) is 6.95. The van der Waals surface area contributed by atoms with Crippen LogP contribution in [0.15, 0.2) is 47.6 Å². The fourth-order valence-electron chi connectivity index (χ4n) is 2.05. The Labute approximate surface area is 165 Å². The lowest BCUT2D eigenvalue weighted by Gasteiger charge is -2.09. The van der Waals surface area contributed by atoms with Crippen molar-refractivity contribution in [2.24, 2.45) is 5.10 Å². The number of amides is 2. The molecule has 2 amide bonds. The molecule has 25 heavy (non-hydrogen) atoms. The van der Waals surface area contributed by atoms with E-state index in [-0.39, 0.29) is 18.2 Å². The van der Waals surface area contributed by atoms with E-state index in [1.807, 2.05) is 13.0 Å². The van der Waals surface area contributed by atoms with Crippen LogP contribution in [0.2, 0.25) is 5.02 Å². The highest BCUT2D eigenvalue weighted by Gasteiger charge is 2.09. The summed E-state index contributed by atoms with van der Waals surface area (Å²) in [6.07, 6.45) is 0.0680. The van der Waals surface area contributed by atoms with Crippen molar-refractivity contribution >= 4 is 57.4 Å². The van der Waals surface area contributed by atoms with E-state index in [9.17, 15) is 9.59 Å². The molecule has 0 unspecified atom stereocenters. The molecule has 2 aromatic carbocycles. The molecule has 0 bridgehead atoms. The molecule has 0 saturated carbocycles. The monoisotopic (exact) mass is 469 g/mol. The molecule has 0 aliphatic rings. The molecule has 2 aromatic rings. The summed E-state index contributed by atoms with van der Waals surface area (Å²) in [5, 5.41) is 7.36. The molecule has 2 N–H and O–H groups in total. The largest absolute Gasteiger partial charge is 0.325 e. The van der Waals surface area contributed by atoms with Crippen LogP contribution in [0.1, 0.15) is 29.3 Å². The highest BCUT2D eigenvalue weighted by molar-refractivity contribution is 14.1. The van der Waals surface area contributed by atoms with E-state index in [1.165, 1.54) is 0 Å². The fraction of sp³-hybridized carbons (Fsp3) is 0.167. The first-order chi connectivity index (χ1) is 11.9. The fourth-order valence-corrected chi connectivity index (χ4v) is 2.77. The van der Waals surface area contributed by atoms with Gasteiger partial charge in [0.25, 0.3) is 5.91 Å². The van der Waals surface area contributed by atoms with Gasteiger partial charge in [-0.3, -0.25) is 9.59 Å². The Morgan fingerprint density at radius 1 is 1.20 bits per heavy atom. The first-order valence-electron chi connectivity index (χ1n) is 7.51. The van der Waals surface area contributed by atoms with Crippen molar-refractivity contribution in [3.63, 3.8) is 0 Å². The molecular formula is C18H17ClIN3O2. The van der Waals surface area contributed by atoms with E-state index in [2.05, 4.69) is 38.4 Å². The molecule has 0 aliphatic carbocycles. The van der Waals surface area contributed by atoms with Gasteiger partial charge in [-0.15, -0.1) is 0 Å². The normalized spacial score (nSPS) is 11.1. The zero-order valence-corrected chi connectivity index (χ0v) is 16.7. The van der Waals surface area contributed by atoms with Crippen LogP contribution in [0.4, 0.5) is 5.69 Å². The third-order valence-corrected chi connectivity index (χ3v) is 4.47. The van der Waals surface area contributed by atoms with E-state index < -0.39 is 0 Å². The SMILES string of the molecule is CC(CC(=O)Nc1cccc(Cl)c1C)=NNC(=O)c1cccc(I)c1. The maximum atomic E-state index is 12.1. The lowest BCUT2D eigenvalue weighted by Crippen LogP contribution is -2.21. The highest BCUT2D eigenvalue weighted by Crippen LogP contribution is 2.22. The average Bonchev–Trinajstić information content (AvgIpc) is 2.56. The quantitative estimate of drug-likeness (QED) is 0.387. The predicted octanol–water partition coefficient (Wildman–Crippen LogP) is 4.39. The number of hydrogen-bond acceptors (Lipinski definition) is 3. The van der Waals surface area contributed by atoms with Crippen molar-refractivity contribution in [3.05, 3.63) is 62.2 Å². The van der Waals surface area contributed by atoms with Gasteiger partial charge in [-0.2, -0.15) is 5.10 Å². The third-order valence-electron chi connectivity index (χ3n) is 3.39. The molecular weight excluding hydrogens is 453 g/mol. The number of halogens is 2. The number of nitrogens with one attached hydrogen (secondary N) is 2. The van der Waals surface area contributed by atoms with Crippen LogP contribution in [-0.2, 0) is 4.79 Å². The Morgan fingerprint density at radius 3 is 2.64 bits per heavy atom. The Bertz CT molecular complexity index is 837. The number of carbonyl (C=O) groups excluding carboxylic acids is 2. The van der Waals surface area contributed by atoms with E-state index in [0.717, 1.165) is 9.13 Å². The van der Waals surface area contributed by atoms with Crippen molar-refractivity contribution in [2.45, 2.75) is 20.3 Å². The summed E-state index contributed by atoms with van der Waals surface area (Å²) < 4.78 is 0.960. The van der Waals surface area contributed by atoms with Gasteiger partial charge in [0.05, 0.1) is 6.42 Å². The van der Waals surface area contributed by atoms with Gasteiger partial charge in [0.15, 0.2) is 0 Å². The van der Waals surface area contributed by atoms with Gasteiger partial charge >= 0.3 is 0 Å². The van der Waals surface area contributed by atoms with Gasteiger partial charge in [-0.25, -0.2) is 5.43 Å². The molecule has 0 aliphatic heterocycles. The van der Waals surface area contributed by atoms with Crippen LogP contribution < -0.4 is 10.7 Å². The molecule has 0 atom stereocenters. The number of benzene rings is 2. The lowest BCUT2D eigenvalue weighted by molar-refractivity contribution is -0.115. The van der Waals surface area contributed by atoms with Gasteiger partial charge in [-0.1, -0.05) is 23.7 Å². The number of hydrogen-bond donors (Lipinski definition) is 2. The van der Waals surface area contributed by atoms with Crippen LogP contribution in [0.3, 0.4) is 0 Å². The summed E-state index contributed by atoms with van der Waals surface area (Å²) >= 11 is 8.17. The summed E-state index contributed by atoms with van der Waals surface area (Å²) in [5.41, 5.74) is 4.94. The van der Waals surface area contributed by atoms with Gasteiger partial charge in [0.1, 0.15) is 0 Å². The molecule has 0 saturated heterocycles. The van der Waals surface area contributed by atoms with Gasteiger partial charge < -0.3 is 5.32 Å². The van der Waals surface area contributed by atoms with Crippen molar-refractivity contribution < 1.29 is 9.59 Å². The molecule has 2 rings (SSSR count). The van der Waals surface area contributed by atoms with E-state index in [4.69, 9.17) is 11.6 Å². The Morgan fingerprint density at radius 2 is 1.92 bits per heavy atom. The smallest absolute Gasteiger partial charge is 0.271 e. The lowest BCUT2D eigenvalue weighted by atomic mass is 10.2. The van der Waals surface area contributed by atoms with Crippen LogP contribution in [0.5, 0.6) is 0 Å². The predicted molar refractivity (Wildman–Crippen MR) is 109 cm³/mol. The van der Waals surface area contributed by atoms with Gasteiger partial charge in [0.2, 0.25) is 5.91 Å². The highest BCUT2D eigenvalue weighted by atomic mass is 127. The van der Waals surface area contributed by atoms with Crippen LogP contribution in [0.25, 0.3) is 0 Å². The van der Waals surface area contributed by atoms with Gasteiger partial charge in [-0.05, 0) is 72.3 Å². The Balaban J connectivity index is 1.93. The van der Waals surface area contributed by atoms with Crippen molar-refractivity contribution in [1.29, 1.82) is 0 Å². The minimum atomic E-state index is -0.316. The van der Waals surface area contributed by atoms with Crippen molar-refractivity contribution in [3.8, 4) is 0 Å². The van der Waals surface area contributed by atoms with Crippen molar-refractivity contribution in [2.75, 3.05) is 5.32 Å². The van der Waals surface area contributed by atoms with Crippen LogP contribution in [-0.4, -0.2) is 17.5 Å². The van der Waals surface area contributed by atoms with E-state index in [0.29, 0.717) is 22.0 Å². The minimum Gasteiger partial charge on any atom is -0.325 e. The zero-order valence-electron chi connectivity index (χ0n) is 13.8. The number of rotatable bonds is 5. The second-order valence-electron chi connectivity index (χ2n) is 5.44. The molecule has 7 heteroatoms. The summed E-state index contributed by atoms with van der Waals surface area (Å²) in [7, 11) is 0. The summed E-state index contributed by atoms with van der Waals surface area (Å²) in [5.74, 6) is -0.543. The number of nitrogens with zero attached hydrogens (tertiary/aromatic N) is 1. The molecule has 0 aromatic heterocycles. The number of anilines is 1. The first-order valence-corrected chi connectivity index (χ1v) is 8.96. The van der Waals surface area contributed by atoms with Crippen LogP contribution in [0, 0.1) is 10.5 Å². The Hall–Kier alpha value is -1.93. The van der Waals surface area contributed by atoms with Gasteiger partial charge in [0, 0.05) is 25.6 Å². The first kappa shape index (κ1) is 19.4. The van der Waals surface area contributed by atoms with Crippen molar-refractivity contribution in [1.82, 2.24) is 5.43 Å². The molecule has 0 spiro atoms. The number of hydrazone groups is 1. The molecule has 0 radical (unpaired) electrons. The minimum absolute atomic E-state index is 0.0680. The maximum Gasteiger partial charge on any atom is 0.271 e. The number of carbonyl (C=O) groups is 2. The second kappa shape index (κ2) is 8.96.